The number of nitrogens with zero attached hydrogens (tertiary/aromatic N) is 1. The van der Waals surface area contributed by atoms with Gasteiger partial charge in [-0.05, 0) is 31.2 Å². The largest absolute Gasteiger partial charge is 0.493 e. The van der Waals surface area contributed by atoms with Crippen molar-refractivity contribution in [2.24, 2.45) is 0 Å². The van der Waals surface area contributed by atoms with Crippen LogP contribution < -0.4 is 10.1 Å². The van der Waals surface area contributed by atoms with E-state index in [2.05, 4.69) is 15.5 Å². The fourth-order valence-electron chi connectivity index (χ4n) is 2.17. The lowest BCUT2D eigenvalue weighted by Crippen LogP contribution is -2.14. The molecule has 21 heavy (non-hydrogen) atoms. The van der Waals surface area contributed by atoms with Gasteiger partial charge in [0.05, 0.1) is 17.7 Å². The molecule has 5 heteroatoms. The standard InChI is InChI=1S/C16H15N3O2/c1-2-21-14-10-6-4-8-12(14)16(20)17-15-11-7-3-5-9-13(11)18-19-15/h3-10H,2H2,1H3,(H2,17,18,19,20). The van der Waals surface area contributed by atoms with Crippen molar-refractivity contribution in [2.45, 2.75) is 6.92 Å². The van der Waals surface area contributed by atoms with Gasteiger partial charge in [-0.3, -0.25) is 9.89 Å². The highest BCUT2D eigenvalue weighted by Gasteiger charge is 2.14. The number of ether oxygens (including phenoxy) is 1. The van der Waals surface area contributed by atoms with Gasteiger partial charge in [-0.25, -0.2) is 0 Å². The van der Waals surface area contributed by atoms with Crippen LogP contribution in [-0.4, -0.2) is 22.7 Å². The molecule has 0 atom stereocenters. The first kappa shape index (κ1) is 13.2. The zero-order valence-corrected chi connectivity index (χ0v) is 11.6. The van der Waals surface area contributed by atoms with E-state index in [0.717, 1.165) is 10.9 Å². The SMILES string of the molecule is CCOc1ccccc1C(=O)Nc1n[nH]c2ccccc12. The second-order valence-electron chi connectivity index (χ2n) is 4.50. The average molecular weight is 281 g/mol. The number of carbonyl (C=O) groups excluding carboxylic acids is 1. The van der Waals surface area contributed by atoms with E-state index >= 15 is 0 Å². The average Bonchev–Trinajstić information content (AvgIpc) is 2.91. The molecule has 106 valence electrons. The van der Waals surface area contributed by atoms with Crippen LogP contribution in [0.3, 0.4) is 0 Å². The number of anilines is 1. The summed E-state index contributed by atoms with van der Waals surface area (Å²) in [4.78, 5) is 12.4. The fraction of sp³-hybridized carbons (Fsp3) is 0.125. The van der Waals surface area contributed by atoms with E-state index < -0.39 is 0 Å². The minimum atomic E-state index is -0.240. The maximum atomic E-state index is 12.4. The van der Waals surface area contributed by atoms with Crippen molar-refractivity contribution in [3.63, 3.8) is 0 Å². The van der Waals surface area contributed by atoms with E-state index in [-0.39, 0.29) is 5.91 Å². The molecule has 0 fully saturated rings. The van der Waals surface area contributed by atoms with Crippen LogP contribution >= 0.6 is 0 Å². The lowest BCUT2D eigenvalue weighted by molar-refractivity contribution is 0.102. The Balaban J connectivity index is 1.90. The number of aromatic nitrogens is 2. The van der Waals surface area contributed by atoms with Crippen LogP contribution in [0.4, 0.5) is 5.82 Å². The number of aromatic amines is 1. The predicted molar refractivity (Wildman–Crippen MR) is 81.7 cm³/mol. The van der Waals surface area contributed by atoms with Gasteiger partial charge in [0, 0.05) is 5.39 Å². The molecule has 1 heterocycles. The number of hydrogen-bond donors (Lipinski definition) is 2. The molecule has 0 aliphatic heterocycles. The van der Waals surface area contributed by atoms with Crippen LogP contribution in [0.15, 0.2) is 48.5 Å². The summed E-state index contributed by atoms with van der Waals surface area (Å²) in [7, 11) is 0. The van der Waals surface area contributed by atoms with E-state index in [9.17, 15) is 4.79 Å². The van der Waals surface area contributed by atoms with Crippen molar-refractivity contribution in [3.8, 4) is 5.75 Å². The molecule has 3 rings (SSSR count). The van der Waals surface area contributed by atoms with Crippen molar-refractivity contribution in [1.82, 2.24) is 10.2 Å². The number of fused-ring (bicyclic) bond motifs is 1. The van der Waals surface area contributed by atoms with Gasteiger partial charge in [-0.1, -0.05) is 24.3 Å². The van der Waals surface area contributed by atoms with Gasteiger partial charge in [0.15, 0.2) is 5.82 Å². The Morgan fingerprint density at radius 3 is 2.81 bits per heavy atom. The minimum absolute atomic E-state index is 0.240. The number of hydrogen-bond acceptors (Lipinski definition) is 3. The van der Waals surface area contributed by atoms with Gasteiger partial charge in [-0.15, -0.1) is 0 Å². The maximum absolute atomic E-state index is 12.4. The Kier molecular flexibility index (Phi) is 3.55. The van der Waals surface area contributed by atoms with Crippen molar-refractivity contribution < 1.29 is 9.53 Å². The molecule has 0 spiro atoms. The lowest BCUT2D eigenvalue weighted by Gasteiger charge is -2.09. The van der Waals surface area contributed by atoms with E-state index in [1.54, 1.807) is 18.2 Å². The highest BCUT2D eigenvalue weighted by molar-refractivity contribution is 6.09. The molecule has 1 aromatic heterocycles. The quantitative estimate of drug-likeness (QED) is 0.771. The number of amides is 1. The Morgan fingerprint density at radius 1 is 1.19 bits per heavy atom. The number of rotatable bonds is 4. The van der Waals surface area contributed by atoms with E-state index in [1.807, 2.05) is 37.3 Å². The summed E-state index contributed by atoms with van der Waals surface area (Å²) in [6, 6.07) is 14.8. The second-order valence-corrected chi connectivity index (χ2v) is 4.50. The summed E-state index contributed by atoms with van der Waals surface area (Å²) in [6.07, 6.45) is 0. The molecule has 3 aromatic rings. The second kappa shape index (κ2) is 5.66. The van der Waals surface area contributed by atoms with E-state index in [1.165, 1.54) is 0 Å². The van der Waals surface area contributed by atoms with Gasteiger partial charge in [0.1, 0.15) is 5.75 Å². The zero-order chi connectivity index (χ0) is 14.7. The summed E-state index contributed by atoms with van der Waals surface area (Å²) in [5, 5.41) is 10.7. The first-order chi connectivity index (χ1) is 10.3. The van der Waals surface area contributed by atoms with Crippen molar-refractivity contribution >= 4 is 22.6 Å². The molecule has 0 radical (unpaired) electrons. The van der Waals surface area contributed by atoms with Crippen LogP contribution in [-0.2, 0) is 0 Å². The van der Waals surface area contributed by atoms with Gasteiger partial charge in [0.25, 0.3) is 5.91 Å². The smallest absolute Gasteiger partial charge is 0.260 e. The molecule has 0 unspecified atom stereocenters. The van der Waals surface area contributed by atoms with Gasteiger partial charge in [0.2, 0.25) is 0 Å². The Bertz CT molecular complexity index is 780. The molecule has 2 aromatic carbocycles. The number of nitrogens with one attached hydrogen (secondary N) is 2. The Labute approximate surface area is 121 Å². The lowest BCUT2D eigenvalue weighted by atomic mass is 10.2. The molecule has 0 saturated heterocycles. The van der Waals surface area contributed by atoms with E-state index in [4.69, 9.17) is 4.74 Å². The summed E-state index contributed by atoms with van der Waals surface area (Å²) < 4.78 is 5.48. The highest BCUT2D eigenvalue weighted by Crippen LogP contribution is 2.23. The van der Waals surface area contributed by atoms with Gasteiger partial charge < -0.3 is 10.1 Å². The first-order valence-electron chi connectivity index (χ1n) is 6.76. The topological polar surface area (TPSA) is 67.0 Å². The van der Waals surface area contributed by atoms with Crippen LogP contribution in [0, 0.1) is 0 Å². The predicted octanol–water partition coefficient (Wildman–Crippen LogP) is 3.21. The number of H-pyrrole nitrogens is 1. The third kappa shape index (κ3) is 2.58. The molecule has 0 aliphatic rings. The molecular weight excluding hydrogens is 266 g/mol. The van der Waals surface area contributed by atoms with Gasteiger partial charge >= 0.3 is 0 Å². The highest BCUT2D eigenvalue weighted by atomic mass is 16.5. The monoisotopic (exact) mass is 281 g/mol. The Morgan fingerprint density at radius 2 is 1.95 bits per heavy atom. The molecule has 2 N–H and O–H groups in total. The summed E-state index contributed by atoms with van der Waals surface area (Å²) in [5.41, 5.74) is 1.37. The summed E-state index contributed by atoms with van der Waals surface area (Å²) in [6.45, 7) is 2.39. The summed E-state index contributed by atoms with van der Waals surface area (Å²) >= 11 is 0. The maximum Gasteiger partial charge on any atom is 0.260 e. The van der Waals surface area contributed by atoms with Crippen LogP contribution in [0.25, 0.3) is 10.9 Å². The third-order valence-electron chi connectivity index (χ3n) is 3.13. The number of para-hydroxylation sites is 2. The van der Waals surface area contributed by atoms with Crippen LogP contribution in [0.5, 0.6) is 5.75 Å². The number of benzene rings is 2. The molecule has 0 aliphatic carbocycles. The molecule has 0 saturated carbocycles. The Hall–Kier alpha value is -2.82. The molecule has 5 nitrogen and oxygen atoms in total. The minimum Gasteiger partial charge on any atom is -0.493 e. The first-order valence-corrected chi connectivity index (χ1v) is 6.76. The number of carbonyl (C=O) groups is 1. The van der Waals surface area contributed by atoms with E-state index in [0.29, 0.717) is 23.7 Å². The van der Waals surface area contributed by atoms with Crippen molar-refractivity contribution in [3.05, 3.63) is 54.1 Å². The fourth-order valence-corrected chi connectivity index (χ4v) is 2.17. The van der Waals surface area contributed by atoms with Crippen LogP contribution in [0.2, 0.25) is 0 Å². The normalized spacial score (nSPS) is 10.5. The summed E-state index contributed by atoms with van der Waals surface area (Å²) in [5.74, 6) is 0.843. The van der Waals surface area contributed by atoms with Crippen LogP contribution in [0.1, 0.15) is 17.3 Å². The van der Waals surface area contributed by atoms with Crippen molar-refractivity contribution in [1.29, 1.82) is 0 Å². The zero-order valence-electron chi connectivity index (χ0n) is 11.6. The third-order valence-corrected chi connectivity index (χ3v) is 3.13. The van der Waals surface area contributed by atoms with Crippen molar-refractivity contribution in [2.75, 3.05) is 11.9 Å². The van der Waals surface area contributed by atoms with Gasteiger partial charge in [-0.2, -0.15) is 5.10 Å². The molecular formula is C16H15N3O2. The molecule has 1 amide bonds. The molecule has 0 bridgehead atoms.